The summed E-state index contributed by atoms with van der Waals surface area (Å²) in [6, 6.07) is 15.5. The van der Waals surface area contributed by atoms with E-state index in [1.54, 1.807) is 6.07 Å². The van der Waals surface area contributed by atoms with Crippen LogP contribution in [0, 0.1) is 13.8 Å². The molecule has 27 heavy (non-hydrogen) atoms. The van der Waals surface area contributed by atoms with Crippen LogP contribution in [-0.2, 0) is 0 Å². The average Bonchev–Trinajstić information content (AvgIpc) is 2.61. The van der Waals surface area contributed by atoms with Crippen molar-refractivity contribution in [1.82, 2.24) is 9.97 Å². The van der Waals surface area contributed by atoms with E-state index in [-0.39, 0.29) is 5.91 Å². The summed E-state index contributed by atoms with van der Waals surface area (Å²) in [4.78, 5) is 22.8. The standard InChI is InChI=1S/C21H23N5O/c1-14-9-15(2)11-17(10-14)25-21(27)19-12-20(23-13-22-19)24-16-5-7-18(8-6-16)26(3)4/h5-13H,1-4H3,(H,25,27)(H,22,23,24). The maximum atomic E-state index is 12.5. The van der Waals surface area contributed by atoms with E-state index in [9.17, 15) is 4.79 Å². The monoisotopic (exact) mass is 361 g/mol. The summed E-state index contributed by atoms with van der Waals surface area (Å²) in [6.45, 7) is 3.99. The fourth-order valence-corrected chi connectivity index (χ4v) is 2.78. The molecule has 0 aliphatic rings. The normalized spacial score (nSPS) is 10.4. The van der Waals surface area contributed by atoms with Gasteiger partial charge in [0.05, 0.1) is 0 Å². The minimum Gasteiger partial charge on any atom is -0.378 e. The van der Waals surface area contributed by atoms with E-state index in [2.05, 4.69) is 26.7 Å². The highest BCUT2D eigenvalue weighted by atomic mass is 16.1. The van der Waals surface area contributed by atoms with Crippen LogP contribution in [-0.4, -0.2) is 30.0 Å². The Morgan fingerprint density at radius 1 is 0.889 bits per heavy atom. The highest BCUT2D eigenvalue weighted by molar-refractivity contribution is 6.03. The molecule has 0 saturated carbocycles. The first-order chi connectivity index (χ1) is 12.9. The molecular formula is C21H23N5O. The third-order valence-corrected chi connectivity index (χ3v) is 4.04. The minimum absolute atomic E-state index is 0.270. The minimum atomic E-state index is -0.270. The maximum Gasteiger partial charge on any atom is 0.274 e. The summed E-state index contributed by atoms with van der Waals surface area (Å²) in [5, 5.41) is 6.09. The molecule has 0 spiro atoms. The van der Waals surface area contributed by atoms with Gasteiger partial charge in [0.15, 0.2) is 0 Å². The zero-order chi connectivity index (χ0) is 19.4. The van der Waals surface area contributed by atoms with Crippen LogP contribution in [0.1, 0.15) is 21.6 Å². The molecule has 2 aromatic carbocycles. The van der Waals surface area contributed by atoms with Crippen LogP contribution in [0.3, 0.4) is 0 Å². The number of nitrogens with zero attached hydrogens (tertiary/aromatic N) is 3. The predicted octanol–water partition coefficient (Wildman–Crippen LogP) is 4.16. The van der Waals surface area contributed by atoms with Crippen LogP contribution in [0.15, 0.2) is 54.9 Å². The summed E-state index contributed by atoms with van der Waals surface area (Å²) < 4.78 is 0. The number of rotatable bonds is 5. The summed E-state index contributed by atoms with van der Waals surface area (Å²) in [5.41, 5.74) is 5.24. The fourth-order valence-electron chi connectivity index (χ4n) is 2.78. The van der Waals surface area contributed by atoms with Gasteiger partial charge in [-0.3, -0.25) is 4.79 Å². The molecule has 1 aromatic heterocycles. The number of carbonyl (C=O) groups excluding carboxylic acids is 1. The lowest BCUT2D eigenvalue weighted by Gasteiger charge is -2.13. The number of amides is 1. The molecule has 2 N–H and O–H groups in total. The van der Waals surface area contributed by atoms with Gasteiger partial charge in [-0.05, 0) is 61.4 Å². The third kappa shape index (κ3) is 4.82. The molecule has 1 amide bonds. The van der Waals surface area contributed by atoms with Crippen molar-refractivity contribution in [1.29, 1.82) is 0 Å². The summed E-state index contributed by atoms with van der Waals surface area (Å²) in [7, 11) is 3.99. The smallest absolute Gasteiger partial charge is 0.274 e. The second-order valence-electron chi connectivity index (χ2n) is 6.69. The number of hydrogen-bond acceptors (Lipinski definition) is 5. The van der Waals surface area contributed by atoms with Crippen molar-refractivity contribution >= 4 is 28.8 Å². The molecule has 0 fully saturated rings. The maximum absolute atomic E-state index is 12.5. The van der Waals surface area contributed by atoms with Crippen molar-refractivity contribution in [2.24, 2.45) is 0 Å². The Morgan fingerprint density at radius 3 is 2.19 bits per heavy atom. The van der Waals surface area contributed by atoms with Crippen LogP contribution in [0.2, 0.25) is 0 Å². The zero-order valence-electron chi connectivity index (χ0n) is 15.9. The number of nitrogens with one attached hydrogen (secondary N) is 2. The Morgan fingerprint density at radius 2 is 1.56 bits per heavy atom. The molecule has 6 nitrogen and oxygen atoms in total. The number of aryl methyl sites for hydroxylation is 2. The van der Waals surface area contributed by atoms with Gasteiger partial charge in [0.2, 0.25) is 0 Å². The van der Waals surface area contributed by atoms with Crippen molar-refractivity contribution < 1.29 is 4.79 Å². The first kappa shape index (κ1) is 18.4. The molecule has 0 aliphatic carbocycles. The molecule has 6 heteroatoms. The Balaban J connectivity index is 1.73. The van der Waals surface area contributed by atoms with Crippen molar-refractivity contribution in [3.05, 3.63) is 71.7 Å². The van der Waals surface area contributed by atoms with Crippen molar-refractivity contribution in [2.75, 3.05) is 29.6 Å². The molecule has 0 saturated heterocycles. The number of anilines is 4. The summed E-state index contributed by atoms with van der Waals surface area (Å²) >= 11 is 0. The number of hydrogen-bond donors (Lipinski definition) is 2. The Labute approximate surface area is 159 Å². The molecule has 0 unspecified atom stereocenters. The van der Waals surface area contributed by atoms with Gasteiger partial charge in [0, 0.05) is 37.2 Å². The zero-order valence-corrected chi connectivity index (χ0v) is 15.9. The van der Waals surface area contributed by atoms with Crippen molar-refractivity contribution in [3.63, 3.8) is 0 Å². The van der Waals surface area contributed by atoms with Crippen LogP contribution in [0.5, 0.6) is 0 Å². The molecule has 0 bridgehead atoms. The van der Waals surface area contributed by atoms with Gasteiger partial charge in [0.25, 0.3) is 5.91 Å². The molecule has 0 radical (unpaired) electrons. The van der Waals surface area contributed by atoms with Gasteiger partial charge in [-0.1, -0.05) is 6.07 Å². The van der Waals surface area contributed by atoms with Crippen LogP contribution in [0.4, 0.5) is 22.9 Å². The first-order valence-corrected chi connectivity index (χ1v) is 8.67. The number of aromatic nitrogens is 2. The highest BCUT2D eigenvalue weighted by Crippen LogP contribution is 2.20. The van der Waals surface area contributed by atoms with Crippen molar-refractivity contribution in [3.8, 4) is 0 Å². The van der Waals surface area contributed by atoms with Gasteiger partial charge in [-0.2, -0.15) is 0 Å². The number of carbonyl (C=O) groups is 1. The predicted molar refractivity (Wildman–Crippen MR) is 110 cm³/mol. The van der Waals surface area contributed by atoms with Gasteiger partial charge in [0.1, 0.15) is 17.8 Å². The van der Waals surface area contributed by atoms with Gasteiger partial charge in [-0.15, -0.1) is 0 Å². The summed E-state index contributed by atoms with van der Waals surface area (Å²) in [6.07, 6.45) is 1.38. The van der Waals surface area contributed by atoms with E-state index < -0.39 is 0 Å². The van der Waals surface area contributed by atoms with E-state index in [0.717, 1.165) is 28.2 Å². The van der Waals surface area contributed by atoms with Crippen LogP contribution >= 0.6 is 0 Å². The van der Waals surface area contributed by atoms with Gasteiger partial charge in [-0.25, -0.2) is 9.97 Å². The van der Waals surface area contributed by atoms with Gasteiger partial charge < -0.3 is 15.5 Å². The van der Waals surface area contributed by atoms with E-state index in [1.165, 1.54) is 6.33 Å². The third-order valence-electron chi connectivity index (χ3n) is 4.04. The molecule has 0 atom stereocenters. The fraction of sp³-hybridized carbons (Fsp3) is 0.190. The second-order valence-corrected chi connectivity index (χ2v) is 6.69. The summed E-state index contributed by atoms with van der Waals surface area (Å²) in [5.74, 6) is 0.293. The van der Waals surface area contributed by atoms with Crippen molar-refractivity contribution in [2.45, 2.75) is 13.8 Å². The topological polar surface area (TPSA) is 70.2 Å². The second kappa shape index (κ2) is 7.86. The Hall–Kier alpha value is -3.41. The number of benzene rings is 2. The van der Waals surface area contributed by atoms with Gasteiger partial charge >= 0.3 is 0 Å². The average molecular weight is 361 g/mol. The Bertz CT molecular complexity index is 931. The Kier molecular flexibility index (Phi) is 5.35. The lowest BCUT2D eigenvalue weighted by Crippen LogP contribution is -2.14. The SMILES string of the molecule is Cc1cc(C)cc(NC(=O)c2cc(Nc3ccc(N(C)C)cc3)ncn2)c1. The van der Waals surface area contributed by atoms with Crippen LogP contribution < -0.4 is 15.5 Å². The van der Waals surface area contributed by atoms with Crippen LogP contribution in [0.25, 0.3) is 0 Å². The van der Waals surface area contributed by atoms with E-state index in [1.807, 2.05) is 69.2 Å². The first-order valence-electron chi connectivity index (χ1n) is 8.67. The lowest BCUT2D eigenvalue weighted by molar-refractivity contribution is 0.102. The molecular weight excluding hydrogens is 338 g/mol. The molecule has 0 aliphatic heterocycles. The highest BCUT2D eigenvalue weighted by Gasteiger charge is 2.10. The molecule has 138 valence electrons. The largest absolute Gasteiger partial charge is 0.378 e. The van der Waals surface area contributed by atoms with E-state index >= 15 is 0 Å². The van der Waals surface area contributed by atoms with E-state index in [0.29, 0.717) is 11.5 Å². The molecule has 3 aromatic rings. The lowest BCUT2D eigenvalue weighted by atomic mass is 10.1. The van der Waals surface area contributed by atoms with E-state index in [4.69, 9.17) is 0 Å². The molecule has 1 heterocycles. The molecule has 3 rings (SSSR count). The quantitative estimate of drug-likeness (QED) is 0.714.